The first-order chi connectivity index (χ1) is 14.5. The molecule has 1 aliphatic carbocycles. The Morgan fingerprint density at radius 1 is 1.12 bits per heavy atom. The molecule has 1 aliphatic heterocycles. The average molecular weight is 518 g/mol. The van der Waals surface area contributed by atoms with Gasteiger partial charge in [0.25, 0.3) is 0 Å². The topological polar surface area (TPSA) is 266 Å². The van der Waals surface area contributed by atoms with Crippen LogP contribution in [-0.2, 0) is 31.6 Å². The van der Waals surface area contributed by atoms with Crippen LogP contribution in [-0.4, -0.2) is 67.7 Å². The van der Waals surface area contributed by atoms with E-state index in [1.165, 1.54) is 17.1 Å². The Morgan fingerprint density at radius 3 is 2.34 bits per heavy atom. The zero-order valence-corrected chi connectivity index (χ0v) is 18.4. The number of nitrogen functional groups attached to an aromatic ring is 1. The molecule has 1 saturated heterocycles. The van der Waals surface area contributed by atoms with Gasteiger partial charge in [0.2, 0.25) is 0 Å². The molecule has 3 unspecified atom stereocenters. The van der Waals surface area contributed by atoms with Crippen LogP contribution in [0.1, 0.15) is 13.2 Å². The second-order valence-corrected chi connectivity index (χ2v) is 11.6. The minimum Gasteiger partial charge on any atom is -0.383 e. The van der Waals surface area contributed by atoms with Crippen molar-refractivity contribution >= 4 is 40.3 Å². The standard InChI is InChI=1S/C12H17N4O13P3/c1-11(17)10(16-3-2-5-8(13)14-4-15-9(5)16)26-6-7(12(6,11)18)27-31(22,23)29-32(24,25)28-30(19,20)21/h2-4,6-7,10,17-18H,1H3,(H,22,23)(H,24,25)(H2,13,14,15)(H2,19,20,21)/t6-,7?,10-,11+,12+/m1/s1. The van der Waals surface area contributed by atoms with Gasteiger partial charge in [0.05, 0.1) is 5.39 Å². The maximum Gasteiger partial charge on any atom is 0.490 e. The highest BCUT2D eigenvalue weighted by molar-refractivity contribution is 7.66. The van der Waals surface area contributed by atoms with Gasteiger partial charge in [0.1, 0.15) is 35.6 Å². The lowest BCUT2D eigenvalue weighted by atomic mass is 9.95. The van der Waals surface area contributed by atoms with Gasteiger partial charge in [-0.25, -0.2) is 23.7 Å². The van der Waals surface area contributed by atoms with Crippen molar-refractivity contribution in [2.45, 2.75) is 36.6 Å². The Morgan fingerprint density at radius 2 is 1.78 bits per heavy atom. The van der Waals surface area contributed by atoms with E-state index in [0.29, 0.717) is 5.39 Å². The zero-order chi connectivity index (χ0) is 23.9. The maximum atomic E-state index is 12.0. The Bertz CT molecular complexity index is 1230. The fraction of sp³-hybridized carbons (Fsp3) is 0.500. The molecule has 3 heterocycles. The van der Waals surface area contributed by atoms with Gasteiger partial charge in [-0.05, 0) is 13.0 Å². The third-order valence-electron chi connectivity index (χ3n) is 5.06. The van der Waals surface area contributed by atoms with Crippen LogP contribution in [0.5, 0.6) is 0 Å². The van der Waals surface area contributed by atoms with Crippen molar-refractivity contribution in [3.63, 3.8) is 0 Å². The highest BCUT2D eigenvalue weighted by Gasteiger charge is 2.84. The first-order valence-corrected chi connectivity index (χ1v) is 13.0. The minimum atomic E-state index is -5.75. The molecule has 2 aliphatic rings. The number of aromatic nitrogens is 3. The van der Waals surface area contributed by atoms with E-state index in [4.69, 9.17) is 20.3 Å². The molecule has 2 fully saturated rings. The second kappa shape index (κ2) is 7.10. The molecule has 32 heavy (non-hydrogen) atoms. The molecule has 0 bridgehead atoms. The molecule has 0 radical (unpaired) electrons. The number of nitrogens with two attached hydrogens (primary N) is 1. The summed E-state index contributed by atoms with van der Waals surface area (Å²) < 4.78 is 52.9. The summed E-state index contributed by atoms with van der Waals surface area (Å²) in [5.41, 5.74) is 1.59. The number of anilines is 1. The SMILES string of the molecule is C[C@]1(O)[C@H](n2ccc3c(N)ncnc32)O[C@@H]2C(OP(=O)(O)OP(=O)(O)OP(=O)(O)O)[C@@]21O. The Kier molecular flexibility index (Phi) is 5.30. The summed E-state index contributed by atoms with van der Waals surface area (Å²) in [7, 11) is -16.9. The third-order valence-corrected chi connectivity index (χ3v) is 8.88. The van der Waals surface area contributed by atoms with Crippen LogP contribution >= 0.6 is 23.5 Å². The molecule has 1 saturated carbocycles. The molecular formula is C12H17N4O13P3. The summed E-state index contributed by atoms with van der Waals surface area (Å²) in [5, 5.41) is 22.3. The monoisotopic (exact) mass is 518 g/mol. The van der Waals surface area contributed by atoms with Gasteiger partial charge in [-0.15, -0.1) is 0 Å². The largest absolute Gasteiger partial charge is 0.490 e. The van der Waals surface area contributed by atoms with Crippen LogP contribution in [0.4, 0.5) is 5.82 Å². The van der Waals surface area contributed by atoms with Gasteiger partial charge in [-0.3, -0.25) is 4.52 Å². The quantitative estimate of drug-likeness (QED) is 0.219. The number of hydrogen-bond acceptors (Lipinski definition) is 12. The molecule has 0 aromatic carbocycles. The van der Waals surface area contributed by atoms with E-state index >= 15 is 0 Å². The predicted molar refractivity (Wildman–Crippen MR) is 100 cm³/mol. The van der Waals surface area contributed by atoms with E-state index < -0.39 is 53.1 Å². The number of rotatable bonds is 7. The predicted octanol–water partition coefficient (Wildman–Crippen LogP) is -0.881. The van der Waals surface area contributed by atoms with Crippen LogP contribution in [0.15, 0.2) is 18.6 Å². The molecule has 2 aromatic heterocycles. The van der Waals surface area contributed by atoms with Crippen molar-refractivity contribution in [3.05, 3.63) is 18.6 Å². The lowest BCUT2D eigenvalue weighted by Crippen LogP contribution is -2.48. The average Bonchev–Trinajstić information content (AvgIpc) is 2.89. The zero-order valence-electron chi connectivity index (χ0n) is 15.8. The molecule has 20 heteroatoms. The maximum absolute atomic E-state index is 12.0. The number of phosphoric ester groups is 1. The highest BCUT2D eigenvalue weighted by Crippen LogP contribution is 2.70. The van der Waals surface area contributed by atoms with Crippen molar-refractivity contribution in [2.24, 2.45) is 0 Å². The first-order valence-electron chi connectivity index (χ1n) is 8.48. The van der Waals surface area contributed by atoms with E-state index in [-0.39, 0.29) is 11.5 Å². The van der Waals surface area contributed by atoms with E-state index in [0.717, 1.165) is 6.92 Å². The van der Waals surface area contributed by atoms with Gasteiger partial charge < -0.3 is 44.8 Å². The summed E-state index contributed by atoms with van der Waals surface area (Å²) in [4.78, 5) is 43.9. The van der Waals surface area contributed by atoms with Crippen molar-refractivity contribution < 1.29 is 61.4 Å². The van der Waals surface area contributed by atoms with E-state index in [2.05, 4.69) is 23.1 Å². The normalized spacial score (nSPS) is 35.9. The van der Waals surface area contributed by atoms with Crippen molar-refractivity contribution in [1.82, 2.24) is 14.5 Å². The summed E-state index contributed by atoms with van der Waals surface area (Å²) in [6, 6.07) is 1.54. The number of hydrogen-bond donors (Lipinski definition) is 7. The van der Waals surface area contributed by atoms with Crippen LogP contribution in [0, 0.1) is 0 Å². The molecule has 7 atom stereocenters. The van der Waals surface area contributed by atoms with Gasteiger partial charge in [-0.1, -0.05) is 0 Å². The van der Waals surface area contributed by atoms with Gasteiger partial charge in [0, 0.05) is 6.20 Å². The minimum absolute atomic E-state index is 0.154. The van der Waals surface area contributed by atoms with Crippen LogP contribution < -0.4 is 5.73 Å². The molecule has 2 aromatic rings. The van der Waals surface area contributed by atoms with Gasteiger partial charge in [-0.2, -0.15) is 8.62 Å². The summed E-state index contributed by atoms with van der Waals surface area (Å²) in [6.07, 6.45) is -1.75. The second-order valence-electron chi connectivity index (χ2n) is 7.22. The molecule has 0 spiro atoms. The fourth-order valence-electron chi connectivity index (χ4n) is 3.63. The van der Waals surface area contributed by atoms with Crippen LogP contribution in [0.25, 0.3) is 11.0 Å². The number of ether oxygens (including phenoxy) is 1. The summed E-state index contributed by atoms with van der Waals surface area (Å²) >= 11 is 0. The molecule has 178 valence electrons. The van der Waals surface area contributed by atoms with Gasteiger partial charge in [0.15, 0.2) is 11.8 Å². The third kappa shape index (κ3) is 3.85. The Labute approximate surface area is 177 Å². The van der Waals surface area contributed by atoms with Crippen molar-refractivity contribution in [1.29, 1.82) is 0 Å². The van der Waals surface area contributed by atoms with Gasteiger partial charge >= 0.3 is 23.5 Å². The Hall–Kier alpha value is -1.29. The molecule has 17 nitrogen and oxygen atoms in total. The highest BCUT2D eigenvalue weighted by atomic mass is 31.3. The van der Waals surface area contributed by atoms with Crippen LogP contribution in [0.3, 0.4) is 0 Å². The summed E-state index contributed by atoms with van der Waals surface area (Å²) in [6.45, 7) is 1.15. The van der Waals surface area contributed by atoms with E-state index in [9.17, 15) is 33.7 Å². The summed E-state index contributed by atoms with van der Waals surface area (Å²) in [5.74, 6) is 0.154. The number of phosphoric acid groups is 3. The first kappa shape index (κ1) is 23.9. The van der Waals surface area contributed by atoms with Crippen molar-refractivity contribution in [3.8, 4) is 0 Å². The lowest BCUT2D eigenvalue weighted by molar-refractivity contribution is -0.155. The Balaban J connectivity index is 1.53. The van der Waals surface area contributed by atoms with Crippen LogP contribution in [0.2, 0.25) is 0 Å². The van der Waals surface area contributed by atoms with Crippen molar-refractivity contribution in [2.75, 3.05) is 5.73 Å². The fourth-order valence-corrected chi connectivity index (χ4v) is 6.85. The molecule has 4 rings (SSSR count). The molecule has 0 amide bonds. The lowest BCUT2D eigenvalue weighted by Gasteiger charge is -2.33. The van der Waals surface area contributed by atoms with E-state index in [1.54, 1.807) is 6.07 Å². The number of nitrogens with zero attached hydrogens (tertiary/aromatic N) is 3. The molecule has 8 N–H and O–H groups in total. The number of aliphatic hydroxyl groups is 2. The smallest absolute Gasteiger partial charge is 0.383 e. The number of fused-ring (bicyclic) bond motifs is 2. The van der Waals surface area contributed by atoms with E-state index in [1.807, 2.05) is 0 Å². The molecular weight excluding hydrogens is 501 g/mol.